The average molecular weight is 1250 g/mol. The number of benzene rings is 3. The first-order valence-corrected chi connectivity index (χ1v) is 31.3. The van der Waals surface area contributed by atoms with Crippen LogP contribution in [0.5, 0.6) is 0 Å². The van der Waals surface area contributed by atoms with Gasteiger partial charge < -0.3 is 20.9 Å². The molecule has 3 N–H and O–H groups in total. The quantitative estimate of drug-likeness (QED) is 0.0724. The van der Waals surface area contributed by atoms with Crippen LogP contribution in [0.1, 0.15) is 92.7 Å². The van der Waals surface area contributed by atoms with E-state index >= 15 is 0 Å². The molecule has 0 aliphatic heterocycles. The zero-order valence-electron chi connectivity index (χ0n) is 49.9. The molecule has 9 heterocycles. The largest absolute Gasteiger partial charge is 0.350 e. The Bertz CT molecular complexity index is 4020. The van der Waals surface area contributed by atoms with Gasteiger partial charge in [0, 0.05) is 90.8 Å². The highest BCUT2D eigenvalue weighted by Gasteiger charge is 2.19. The Labute approximate surface area is 518 Å². The maximum Gasteiger partial charge on any atom is 0.230 e. The third-order valence-electron chi connectivity index (χ3n) is 13.4. The van der Waals surface area contributed by atoms with Crippen LogP contribution >= 0.6 is 39.5 Å². The van der Waals surface area contributed by atoms with E-state index in [1.54, 1.807) is 25.9 Å². The molecule has 86 heavy (non-hydrogen) atoms. The van der Waals surface area contributed by atoms with Crippen molar-refractivity contribution in [3.05, 3.63) is 209 Å². The lowest BCUT2D eigenvalue weighted by Crippen LogP contribution is -2.17. The predicted molar refractivity (Wildman–Crippen MR) is 352 cm³/mol. The molecule has 9 aromatic heterocycles. The summed E-state index contributed by atoms with van der Waals surface area (Å²) in [5.41, 5.74) is 13.6. The predicted octanol–water partition coefficient (Wildman–Crippen LogP) is 14.1. The van der Waals surface area contributed by atoms with Gasteiger partial charge in [0.25, 0.3) is 0 Å². The zero-order chi connectivity index (χ0) is 60.5. The number of nitrogens with zero attached hydrogens (tertiary/aromatic N) is 16. The Hall–Kier alpha value is -8.86. The number of pyridine rings is 3. The molecular weight excluding hydrogens is 1180 g/mol. The Morgan fingerprint density at radius 1 is 0.442 bits per heavy atom. The number of thioether (sulfide) groups is 2. The van der Waals surface area contributed by atoms with Crippen molar-refractivity contribution in [3.63, 3.8) is 0 Å². The zero-order valence-corrected chi connectivity index (χ0v) is 53.1. The van der Waals surface area contributed by atoms with Crippen LogP contribution in [0.25, 0.3) is 39.5 Å². The second-order valence-electron chi connectivity index (χ2n) is 20.8. The maximum atomic E-state index is 4.69. The van der Waals surface area contributed by atoms with Crippen molar-refractivity contribution in [1.82, 2.24) is 73.7 Å². The molecule has 0 bridgehead atoms. The molecule has 0 amide bonds. The summed E-state index contributed by atoms with van der Waals surface area (Å²) in [6.07, 6.45) is 16.7. The van der Waals surface area contributed by atoms with E-state index in [1.165, 1.54) is 29.1 Å². The van der Waals surface area contributed by atoms with Gasteiger partial charge in [-0.1, -0.05) is 160 Å². The molecular formula is C64H70BrN19S2. The molecule has 12 rings (SSSR count). The van der Waals surface area contributed by atoms with Gasteiger partial charge in [-0.3, -0.25) is 15.0 Å². The molecule has 22 heteroatoms. The molecule has 0 atom stereocenters. The van der Waals surface area contributed by atoms with E-state index in [-0.39, 0.29) is 0 Å². The second kappa shape index (κ2) is 29.8. The maximum absolute atomic E-state index is 4.69. The van der Waals surface area contributed by atoms with Crippen LogP contribution in [-0.4, -0.2) is 100 Å². The van der Waals surface area contributed by atoms with E-state index in [4.69, 9.17) is 0 Å². The molecule has 0 saturated heterocycles. The molecule has 0 fully saturated rings. The number of hydrogen-bond acceptors (Lipinski definition) is 18. The van der Waals surface area contributed by atoms with E-state index in [0.717, 1.165) is 82.1 Å². The van der Waals surface area contributed by atoms with Crippen molar-refractivity contribution in [1.29, 1.82) is 0 Å². The minimum absolute atomic E-state index is 0.337. The van der Waals surface area contributed by atoms with E-state index in [2.05, 4.69) is 194 Å². The number of aromatic nitrogens is 15. The van der Waals surface area contributed by atoms with Gasteiger partial charge in [0.15, 0.2) is 27.3 Å². The fourth-order valence-corrected chi connectivity index (χ4v) is 9.67. The van der Waals surface area contributed by atoms with E-state index in [9.17, 15) is 0 Å². The van der Waals surface area contributed by atoms with Crippen LogP contribution in [-0.2, 0) is 19.6 Å². The lowest BCUT2D eigenvalue weighted by molar-refractivity contribution is 0.823. The summed E-state index contributed by atoms with van der Waals surface area (Å²) in [7, 11) is 3.88. The van der Waals surface area contributed by atoms with Gasteiger partial charge in [0.1, 0.15) is 0 Å². The summed E-state index contributed by atoms with van der Waals surface area (Å²) in [6.45, 7) is 14.8. The summed E-state index contributed by atoms with van der Waals surface area (Å²) in [5, 5.41) is 25.1. The first kappa shape index (κ1) is 61.7. The van der Waals surface area contributed by atoms with Crippen LogP contribution in [0.2, 0.25) is 0 Å². The number of fused-ring (bicyclic) bond motifs is 3. The number of nitrogens with one attached hydrogen (secondary N) is 3. The Morgan fingerprint density at radius 3 is 1.14 bits per heavy atom. The molecule has 0 spiro atoms. The van der Waals surface area contributed by atoms with E-state index in [1.807, 2.05) is 129 Å². The molecule has 0 aliphatic rings. The summed E-state index contributed by atoms with van der Waals surface area (Å²) >= 11 is 6.52. The lowest BCUT2D eigenvalue weighted by atomic mass is 10.1. The second-order valence-corrected chi connectivity index (χ2v) is 23.3. The molecule has 19 nitrogen and oxygen atoms in total. The highest BCUT2D eigenvalue weighted by molar-refractivity contribution is 9.10. The Kier molecular flexibility index (Phi) is 21.4. The summed E-state index contributed by atoms with van der Waals surface area (Å²) < 4.78 is 6.43. The molecule has 12 aromatic rings. The van der Waals surface area contributed by atoms with E-state index in [0.29, 0.717) is 61.2 Å². The van der Waals surface area contributed by atoms with Gasteiger partial charge in [0.05, 0.1) is 30.0 Å². The van der Waals surface area contributed by atoms with Crippen LogP contribution in [0.15, 0.2) is 186 Å². The minimum Gasteiger partial charge on any atom is -0.350 e. The third-order valence-corrected chi connectivity index (χ3v) is 15.0. The van der Waals surface area contributed by atoms with Crippen LogP contribution < -0.4 is 20.9 Å². The number of halogens is 1. The van der Waals surface area contributed by atoms with E-state index < -0.39 is 0 Å². The number of anilines is 4. The summed E-state index contributed by atoms with van der Waals surface area (Å²) in [4.78, 5) is 42.2. The fraction of sp³-hybridized carbons (Fsp3) is 0.250. The topological polar surface area (TPSA) is 207 Å². The summed E-state index contributed by atoms with van der Waals surface area (Å²) in [5.74, 6) is 3.83. The van der Waals surface area contributed by atoms with Crippen LogP contribution in [0, 0.1) is 0 Å². The van der Waals surface area contributed by atoms with Crippen molar-refractivity contribution in [2.24, 2.45) is 0 Å². The molecule has 0 saturated carbocycles. The van der Waals surface area contributed by atoms with Gasteiger partial charge in [0.2, 0.25) is 23.8 Å². The van der Waals surface area contributed by atoms with Crippen LogP contribution in [0.4, 0.5) is 23.8 Å². The van der Waals surface area contributed by atoms with Gasteiger partial charge in [-0.15, -0.1) is 0 Å². The smallest absolute Gasteiger partial charge is 0.230 e. The standard InChI is InChI=1S/C22H25N7.C21H22N6S.C16H18BrN5S.C5H5N/c1-15(2)18-14-25-29-20(18)26-22(28(3)4)27-21(29)24-13-16-8-10-17(11-9-16)19-7-5-6-12-23-19;1-14(2)17-13-24-27-19(17)25-21(28-3)26-20(27)23-12-15-7-9-16(10-8-15)18-6-4-5-11-22-18;1-10(2)13-9-19-22-14(13)20-16(23-3)21-15(22)18-8-11-4-6-12(17)7-5-11;1-2-4-6-5-3-1/h5-12,14-15H,13H2,1-4H3,(H,24,26,27);4-11,13-14H,12H2,1-3H3,(H,23,25,26);4-7,9-10H,8H2,1-3H3,(H,18,20,21);1-5H. The molecule has 0 radical (unpaired) electrons. The Morgan fingerprint density at radius 2 is 0.814 bits per heavy atom. The van der Waals surface area contributed by atoms with Gasteiger partial charge in [-0.25, -0.2) is 9.97 Å². The van der Waals surface area contributed by atoms with Gasteiger partial charge in [-0.05, 0) is 95.5 Å². The van der Waals surface area contributed by atoms with Crippen molar-refractivity contribution >= 4 is 80.2 Å². The molecule has 3 aromatic carbocycles. The van der Waals surface area contributed by atoms with Crippen LogP contribution in [0.3, 0.4) is 0 Å². The van der Waals surface area contributed by atoms with Gasteiger partial charge in [-0.2, -0.15) is 48.8 Å². The highest BCUT2D eigenvalue weighted by Crippen LogP contribution is 2.27. The summed E-state index contributed by atoms with van der Waals surface area (Å²) in [6, 6.07) is 42.6. The van der Waals surface area contributed by atoms with Gasteiger partial charge >= 0.3 is 0 Å². The highest BCUT2D eigenvalue weighted by atomic mass is 79.9. The SMILES string of the molecule is CC(C)c1cnn2c(NCc3ccc(-c4ccccn4)cc3)nc(N(C)C)nc12.CSc1nc(NCc2ccc(-c3ccccn3)cc2)n2ncc(C(C)C)c2n1.CSc1nc(NCc2ccc(Br)cc2)n2ncc(C(C)C)c2n1.c1ccncc1. The Balaban J connectivity index is 0.000000147. The lowest BCUT2D eigenvalue weighted by Gasteiger charge is -2.14. The minimum atomic E-state index is 0.337. The normalized spacial score (nSPS) is 11.0. The monoisotopic (exact) mass is 1250 g/mol. The molecule has 440 valence electrons. The third kappa shape index (κ3) is 15.9. The van der Waals surface area contributed by atoms with Crippen molar-refractivity contribution < 1.29 is 0 Å². The molecule has 0 aliphatic carbocycles. The van der Waals surface area contributed by atoms with Crippen molar-refractivity contribution in [2.45, 2.75) is 89.2 Å². The van der Waals surface area contributed by atoms with Crippen molar-refractivity contribution in [3.8, 4) is 22.5 Å². The first-order chi connectivity index (χ1) is 41.8. The fourth-order valence-electron chi connectivity index (χ4n) is 8.69. The average Bonchev–Trinajstić information content (AvgIpc) is 2.52. The van der Waals surface area contributed by atoms with Crippen molar-refractivity contribution in [2.75, 3.05) is 47.5 Å². The number of rotatable bonds is 17. The first-order valence-electron chi connectivity index (χ1n) is 28.1. The molecule has 0 unspecified atom stereocenters. The number of hydrogen-bond donors (Lipinski definition) is 3.